The van der Waals surface area contributed by atoms with Crippen molar-refractivity contribution in [1.82, 2.24) is 4.90 Å². The van der Waals surface area contributed by atoms with E-state index >= 15 is 0 Å². The highest BCUT2D eigenvalue weighted by molar-refractivity contribution is 7.10. The van der Waals surface area contributed by atoms with Crippen LogP contribution in [-0.2, 0) is 6.54 Å². The average Bonchev–Trinajstić information content (AvgIpc) is 2.76. The fraction of sp³-hybridized carbons (Fsp3) is 0.538. The minimum absolute atomic E-state index is 0.109. The summed E-state index contributed by atoms with van der Waals surface area (Å²) in [5, 5.41) is 19.7. The Hall–Kier alpha value is -0.860. The fourth-order valence-electron chi connectivity index (χ4n) is 1.48. The van der Waals surface area contributed by atoms with Crippen LogP contribution in [0.5, 0.6) is 0 Å². The van der Waals surface area contributed by atoms with E-state index in [1.807, 2.05) is 11.4 Å². The summed E-state index contributed by atoms with van der Waals surface area (Å²) in [7, 11) is 0. The molecule has 0 amide bonds. The van der Waals surface area contributed by atoms with E-state index in [4.69, 9.17) is 10.2 Å². The number of thiophene rings is 1. The van der Waals surface area contributed by atoms with Gasteiger partial charge in [0, 0.05) is 30.0 Å². The van der Waals surface area contributed by atoms with Gasteiger partial charge < -0.3 is 10.2 Å². The predicted octanol–water partition coefficient (Wildman–Crippen LogP) is 1.30. The van der Waals surface area contributed by atoms with Crippen LogP contribution in [-0.4, -0.2) is 41.4 Å². The normalized spacial score (nSPS) is 10.4. The van der Waals surface area contributed by atoms with Crippen LogP contribution in [0.15, 0.2) is 11.4 Å². The molecule has 1 rings (SSSR count). The van der Waals surface area contributed by atoms with E-state index < -0.39 is 0 Å². The zero-order valence-electron chi connectivity index (χ0n) is 10.1. The smallest absolute Gasteiger partial charge is 0.0558 e. The van der Waals surface area contributed by atoms with Crippen LogP contribution in [0, 0.1) is 11.8 Å². The lowest BCUT2D eigenvalue weighted by atomic mass is 10.2. The standard InChI is InChI=1S/C13H19NO2S/c1-2-14(7-9-16)11-13-12(6-10-17-13)5-3-4-8-15/h6,10,15-16H,2,4,7-9,11H2,1H3. The van der Waals surface area contributed by atoms with Crippen LogP contribution in [0.4, 0.5) is 0 Å². The van der Waals surface area contributed by atoms with Crippen molar-refractivity contribution in [2.45, 2.75) is 19.9 Å². The van der Waals surface area contributed by atoms with Gasteiger partial charge in [-0.05, 0) is 18.0 Å². The molecule has 0 aliphatic rings. The zero-order valence-corrected chi connectivity index (χ0v) is 11.0. The molecule has 2 N–H and O–H groups in total. The van der Waals surface area contributed by atoms with Crippen LogP contribution in [0.3, 0.4) is 0 Å². The molecule has 1 aromatic heterocycles. The molecule has 0 bridgehead atoms. The largest absolute Gasteiger partial charge is 0.395 e. The van der Waals surface area contributed by atoms with Crippen molar-refractivity contribution >= 4 is 11.3 Å². The van der Waals surface area contributed by atoms with Gasteiger partial charge in [0.1, 0.15) is 0 Å². The molecule has 0 saturated carbocycles. The third-order valence-electron chi connectivity index (χ3n) is 2.44. The Labute approximate surface area is 107 Å². The Kier molecular flexibility index (Phi) is 6.90. The maximum absolute atomic E-state index is 8.95. The highest BCUT2D eigenvalue weighted by Gasteiger charge is 2.07. The van der Waals surface area contributed by atoms with Crippen molar-refractivity contribution in [3.05, 3.63) is 21.9 Å². The topological polar surface area (TPSA) is 43.7 Å². The van der Waals surface area contributed by atoms with Gasteiger partial charge in [0.25, 0.3) is 0 Å². The Balaban J connectivity index is 2.65. The first kappa shape index (κ1) is 14.2. The van der Waals surface area contributed by atoms with Crippen LogP contribution < -0.4 is 0 Å². The lowest BCUT2D eigenvalue weighted by Crippen LogP contribution is -2.25. The summed E-state index contributed by atoms with van der Waals surface area (Å²) in [5.74, 6) is 6.02. The number of rotatable bonds is 6. The predicted molar refractivity (Wildman–Crippen MR) is 70.9 cm³/mol. The Morgan fingerprint density at radius 1 is 1.35 bits per heavy atom. The summed E-state index contributed by atoms with van der Waals surface area (Å²) in [6.45, 7) is 4.82. The second-order valence-corrected chi connectivity index (χ2v) is 4.63. The summed E-state index contributed by atoms with van der Waals surface area (Å²) >= 11 is 1.69. The van der Waals surface area contributed by atoms with Gasteiger partial charge in [-0.15, -0.1) is 11.3 Å². The van der Waals surface area contributed by atoms with Gasteiger partial charge in [-0.25, -0.2) is 0 Å². The Morgan fingerprint density at radius 3 is 2.82 bits per heavy atom. The van der Waals surface area contributed by atoms with Crippen molar-refractivity contribution < 1.29 is 10.2 Å². The molecule has 1 aromatic rings. The lowest BCUT2D eigenvalue weighted by Gasteiger charge is -2.18. The summed E-state index contributed by atoms with van der Waals surface area (Å²) in [4.78, 5) is 3.41. The van der Waals surface area contributed by atoms with Gasteiger partial charge in [0.2, 0.25) is 0 Å². The van der Waals surface area contributed by atoms with E-state index in [0.29, 0.717) is 13.0 Å². The molecule has 0 aliphatic heterocycles. The number of nitrogens with zero attached hydrogens (tertiary/aromatic N) is 1. The second kappa shape index (κ2) is 8.26. The van der Waals surface area contributed by atoms with Gasteiger partial charge in [0.15, 0.2) is 0 Å². The highest BCUT2D eigenvalue weighted by Crippen LogP contribution is 2.18. The zero-order chi connectivity index (χ0) is 12.5. The molecular formula is C13H19NO2S. The first-order valence-electron chi connectivity index (χ1n) is 5.81. The number of likely N-dealkylation sites (N-methyl/N-ethyl adjacent to an activating group) is 1. The highest BCUT2D eigenvalue weighted by atomic mass is 32.1. The summed E-state index contributed by atoms with van der Waals surface area (Å²) < 4.78 is 0. The van der Waals surface area contributed by atoms with E-state index in [9.17, 15) is 0 Å². The fourth-order valence-corrected chi connectivity index (χ4v) is 2.35. The molecule has 0 aromatic carbocycles. The van der Waals surface area contributed by atoms with Crippen LogP contribution in [0.25, 0.3) is 0 Å². The van der Waals surface area contributed by atoms with Crippen molar-refractivity contribution in [1.29, 1.82) is 0 Å². The van der Waals surface area contributed by atoms with E-state index in [1.165, 1.54) is 4.88 Å². The quantitative estimate of drug-likeness (QED) is 0.751. The molecule has 0 atom stereocenters. The molecule has 0 fully saturated rings. The molecule has 94 valence electrons. The Morgan fingerprint density at radius 2 is 2.18 bits per heavy atom. The molecule has 1 heterocycles. The number of hydrogen-bond donors (Lipinski definition) is 2. The van der Waals surface area contributed by atoms with Gasteiger partial charge in [-0.3, -0.25) is 4.90 Å². The van der Waals surface area contributed by atoms with Gasteiger partial charge in [-0.2, -0.15) is 0 Å². The SMILES string of the molecule is CCN(CCO)Cc1sccc1C#CCCO. The van der Waals surface area contributed by atoms with Crippen LogP contribution in [0.1, 0.15) is 23.8 Å². The third-order valence-corrected chi connectivity index (χ3v) is 3.34. The van der Waals surface area contributed by atoms with E-state index in [0.717, 1.165) is 18.7 Å². The molecular weight excluding hydrogens is 234 g/mol. The Bertz CT molecular complexity index is 378. The summed E-state index contributed by atoms with van der Waals surface area (Å²) in [5.41, 5.74) is 1.04. The number of aliphatic hydroxyl groups is 2. The molecule has 3 nitrogen and oxygen atoms in total. The van der Waals surface area contributed by atoms with Gasteiger partial charge >= 0.3 is 0 Å². The molecule has 0 saturated heterocycles. The number of hydrogen-bond acceptors (Lipinski definition) is 4. The van der Waals surface area contributed by atoms with Gasteiger partial charge in [-0.1, -0.05) is 18.8 Å². The third kappa shape index (κ3) is 4.88. The van der Waals surface area contributed by atoms with Crippen LogP contribution in [0.2, 0.25) is 0 Å². The van der Waals surface area contributed by atoms with Crippen molar-refractivity contribution in [2.75, 3.05) is 26.3 Å². The summed E-state index contributed by atoms with van der Waals surface area (Å²) in [6.07, 6.45) is 0.517. The first-order valence-corrected chi connectivity index (χ1v) is 6.69. The molecule has 17 heavy (non-hydrogen) atoms. The van der Waals surface area contributed by atoms with Gasteiger partial charge in [0.05, 0.1) is 13.2 Å². The van der Waals surface area contributed by atoms with E-state index in [2.05, 4.69) is 23.7 Å². The number of aliphatic hydroxyl groups excluding tert-OH is 2. The van der Waals surface area contributed by atoms with Crippen LogP contribution >= 0.6 is 11.3 Å². The summed E-state index contributed by atoms with van der Waals surface area (Å²) in [6, 6.07) is 2.01. The second-order valence-electron chi connectivity index (χ2n) is 3.63. The maximum atomic E-state index is 8.95. The van der Waals surface area contributed by atoms with E-state index in [-0.39, 0.29) is 13.2 Å². The molecule has 4 heteroatoms. The maximum Gasteiger partial charge on any atom is 0.0558 e. The lowest BCUT2D eigenvalue weighted by molar-refractivity contribution is 0.198. The van der Waals surface area contributed by atoms with Crippen molar-refractivity contribution in [3.63, 3.8) is 0 Å². The first-order chi connectivity index (χ1) is 8.31. The minimum Gasteiger partial charge on any atom is -0.395 e. The van der Waals surface area contributed by atoms with Crippen molar-refractivity contribution in [3.8, 4) is 11.8 Å². The monoisotopic (exact) mass is 253 g/mol. The average molecular weight is 253 g/mol. The molecule has 0 unspecified atom stereocenters. The minimum atomic E-state index is 0.109. The molecule has 0 radical (unpaired) electrons. The van der Waals surface area contributed by atoms with E-state index in [1.54, 1.807) is 11.3 Å². The molecule has 0 aliphatic carbocycles. The van der Waals surface area contributed by atoms with Crippen molar-refractivity contribution in [2.24, 2.45) is 0 Å². The molecule has 0 spiro atoms.